The second-order valence-corrected chi connectivity index (χ2v) is 3.06. The van der Waals surface area contributed by atoms with E-state index in [0.29, 0.717) is 24.1 Å². The summed E-state index contributed by atoms with van der Waals surface area (Å²) in [6.07, 6.45) is 1.64. The molecule has 6 nitrogen and oxygen atoms in total. The van der Waals surface area contributed by atoms with Crippen LogP contribution in [0.5, 0.6) is 0 Å². The number of nitrogens with two attached hydrogens (primary N) is 1. The Balaban J connectivity index is 1.99. The standard InChI is InChI=1S/C9H11N5O/c1-6-13-9(15-14-6)5-12-7-2-3-11-8(10)4-7/h2-4H,5H2,1H3,(H3,10,11,12). The number of nitrogens with one attached hydrogen (secondary N) is 1. The van der Waals surface area contributed by atoms with Crippen molar-refractivity contribution < 1.29 is 4.52 Å². The first-order valence-electron chi connectivity index (χ1n) is 4.48. The van der Waals surface area contributed by atoms with Crippen molar-refractivity contribution >= 4 is 11.5 Å². The molecule has 0 aliphatic carbocycles. The lowest BCUT2D eigenvalue weighted by Crippen LogP contribution is -2.00. The molecule has 0 aromatic carbocycles. The maximum Gasteiger partial charge on any atom is 0.245 e. The van der Waals surface area contributed by atoms with Gasteiger partial charge in [0, 0.05) is 18.0 Å². The Bertz CT molecular complexity index is 453. The maximum atomic E-state index is 5.53. The van der Waals surface area contributed by atoms with E-state index in [1.54, 1.807) is 19.2 Å². The third-order valence-corrected chi connectivity index (χ3v) is 1.79. The highest BCUT2D eigenvalue weighted by Gasteiger charge is 2.01. The Morgan fingerprint density at radius 1 is 1.53 bits per heavy atom. The minimum absolute atomic E-state index is 0.474. The van der Waals surface area contributed by atoms with Crippen LogP contribution < -0.4 is 11.1 Å². The van der Waals surface area contributed by atoms with Crippen molar-refractivity contribution in [1.82, 2.24) is 15.1 Å². The summed E-state index contributed by atoms with van der Waals surface area (Å²) in [5.41, 5.74) is 6.40. The van der Waals surface area contributed by atoms with Crippen molar-refractivity contribution in [3.05, 3.63) is 30.0 Å². The highest BCUT2D eigenvalue weighted by atomic mass is 16.5. The molecule has 0 aliphatic rings. The number of hydrogen-bond acceptors (Lipinski definition) is 6. The van der Waals surface area contributed by atoms with Crippen LogP contribution in [0.15, 0.2) is 22.9 Å². The Morgan fingerprint density at radius 3 is 3.07 bits per heavy atom. The molecule has 0 spiro atoms. The lowest BCUT2D eigenvalue weighted by atomic mass is 10.4. The van der Waals surface area contributed by atoms with E-state index in [-0.39, 0.29) is 0 Å². The Labute approximate surface area is 86.5 Å². The van der Waals surface area contributed by atoms with Crippen molar-refractivity contribution in [2.24, 2.45) is 0 Å². The van der Waals surface area contributed by atoms with E-state index in [1.165, 1.54) is 0 Å². The van der Waals surface area contributed by atoms with Crippen LogP contribution in [-0.4, -0.2) is 15.1 Å². The summed E-state index contributed by atoms with van der Waals surface area (Å²) in [6.45, 7) is 2.25. The molecule has 0 unspecified atom stereocenters. The van der Waals surface area contributed by atoms with E-state index < -0.39 is 0 Å². The number of pyridine rings is 1. The molecule has 0 radical (unpaired) electrons. The van der Waals surface area contributed by atoms with Gasteiger partial charge in [0.2, 0.25) is 5.89 Å². The molecular weight excluding hydrogens is 194 g/mol. The lowest BCUT2D eigenvalue weighted by molar-refractivity contribution is 0.379. The van der Waals surface area contributed by atoms with Crippen molar-refractivity contribution in [1.29, 1.82) is 0 Å². The average Bonchev–Trinajstić information content (AvgIpc) is 2.62. The monoisotopic (exact) mass is 205 g/mol. The molecule has 0 aliphatic heterocycles. The molecule has 0 bridgehead atoms. The summed E-state index contributed by atoms with van der Waals surface area (Å²) in [5.74, 6) is 1.64. The molecule has 0 fully saturated rings. The summed E-state index contributed by atoms with van der Waals surface area (Å²) in [6, 6.07) is 3.56. The molecule has 0 saturated heterocycles. The van der Waals surface area contributed by atoms with Crippen LogP contribution >= 0.6 is 0 Å². The van der Waals surface area contributed by atoms with Crippen LogP contribution in [0.3, 0.4) is 0 Å². The zero-order valence-electron chi connectivity index (χ0n) is 8.27. The summed E-state index contributed by atoms with van der Waals surface area (Å²) in [7, 11) is 0. The largest absolute Gasteiger partial charge is 0.384 e. The van der Waals surface area contributed by atoms with Crippen molar-refractivity contribution in [3.63, 3.8) is 0 Å². The number of hydrogen-bond donors (Lipinski definition) is 2. The molecule has 2 aromatic rings. The van der Waals surface area contributed by atoms with Crippen molar-refractivity contribution in [3.8, 4) is 0 Å². The zero-order chi connectivity index (χ0) is 10.7. The first kappa shape index (κ1) is 9.45. The number of rotatable bonds is 3. The van der Waals surface area contributed by atoms with Crippen molar-refractivity contribution in [2.75, 3.05) is 11.1 Å². The van der Waals surface area contributed by atoms with Crippen LogP contribution in [0.4, 0.5) is 11.5 Å². The van der Waals surface area contributed by atoms with E-state index >= 15 is 0 Å². The smallest absolute Gasteiger partial charge is 0.245 e. The van der Waals surface area contributed by atoms with Gasteiger partial charge in [-0.1, -0.05) is 5.16 Å². The number of aromatic nitrogens is 3. The van der Waals surface area contributed by atoms with Crippen LogP contribution in [-0.2, 0) is 6.54 Å². The third kappa shape index (κ3) is 2.43. The molecule has 3 N–H and O–H groups in total. The zero-order valence-corrected chi connectivity index (χ0v) is 8.27. The Hall–Kier alpha value is -2.11. The average molecular weight is 205 g/mol. The summed E-state index contributed by atoms with van der Waals surface area (Å²) >= 11 is 0. The highest BCUT2D eigenvalue weighted by molar-refractivity contribution is 5.49. The van der Waals surface area contributed by atoms with Gasteiger partial charge in [0.05, 0.1) is 6.54 Å². The van der Waals surface area contributed by atoms with E-state index in [9.17, 15) is 0 Å². The van der Waals surface area contributed by atoms with E-state index in [2.05, 4.69) is 20.4 Å². The third-order valence-electron chi connectivity index (χ3n) is 1.79. The molecule has 2 heterocycles. The lowest BCUT2D eigenvalue weighted by Gasteiger charge is -2.02. The number of nitrogens with zero attached hydrogens (tertiary/aromatic N) is 3. The van der Waals surface area contributed by atoms with E-state index in [4.69, 9.17) is 10.3 Å². The number of anilines is 2. The second-order valence-electron chi connectivity index (χ2n) is 3.06. The van der Waals surface area contributed by atoms with Gasteiger partial charge in [0.1, 0.15) is 5.82 Å². The fourth-order valence-electron chi connectivity index (χ4n) is 1.15. The summed E-state index contributed by atoms with van der Waals surface area (Å²) in [5, 5.41) is 6.78. The Morgan fingerprint density at radius 2 is 2.40 bits per heavy atom. The fraction of sp³-hybridized carbons (Fsp3) is 0.222. The van der Waals surface area contributed by atoms with Crippen LogP contribution in [0, 0.1) is 6.92 Å². The van der Waals surface area contributed by atoms with Gasteiger partial charge in [-0.25, -0.2) is 4.98 Å². The molecule has 0 amide bonds. The quantitative estimate of drug-likeness (QED) is 0.775. The molecule has 78 valence electrons. The van der Waals surface area contributed by atoms with Gasteiger partial charge < -0.3 is 15.6 Å². The molecular formula is C9H11N5O. The molecule has 0 atom stereocenters. The summed E-state index contributed by atoms with van der Waals surface area (Å²) < 4.78 is 4.95. The molecule has 6 heteroatoms. The second kappa shape index (κ2) is 3.95. The first-order chi connectivity index (χ1) is 7.24. The van der Waals surface area contributed by atoms with Crippen LogP contribution in [0.2, 0.25) is 0 Å². The van der Waals surface area contributed by atoms with E-state index in [1.807, 2.05) is 6.07 Å². The Kier molecular flexibility index (Phi) is 2.49. The SMILES string of the molecule is Cc1noc(CNc2ccnc(N)c2)n1. The first-order valence-corrected chi connectivity index (χ1v) is 4.48. The predicted molar refractivity (Wildman–Crippen MR) is 55.0 cm³/mol. The number of nitrogen functional groups attached to an aromatic ring is 1. The van der Waals surface area contributed by atoms with Gasteiger partial charge in [0.15, 0.2) is 5.82 Å². The molecule has 0 saturated carbocycles. The minimum atomic E-state index is 0.474. The maximum absolute atomic E-state index is 5.53. The van der Waals surface area contributed by atoms with Gasteiger partial charge in [-0.15, -0.1) is 0 Å². The van der Waals surface area contributed by atoms with Gasteiger partial charge in [0.25, 0.3) is 0 Å². The topological polar surface area (TPSA) is 89.9 Å². The van der Waals surface area contributed by atoms with Crippen molar-refractivity contribution in [2.45, 2.75) is 13.5 Å². The van der Waals surface area contributed by atoms with E-state index in [0.717, 1.165) is 5.69 Å². The highest BCUT2D eigenvalue weighted by Crippen LogP contribution is 2.10. The normalized spacial score (nSPS) is 10.2. The summed E-state index contributed by atoms with van der Waals surface area (Å²) in [4.78, 5) is 7.95. The van der Waals surface area contributed by atoms with Crippen LogP contribution in [0.25, 0.3) is 0 Å². The van der Waals surface area contributed by atoms with Gasteiger partial charge in [-0.3, -0.25) is 0 Å². The number of aryl methyl sites for hydroxylation is 1. The predicted octanol–water partition coefficient (Wildman–Crippen LogP) is 0.967. The molecule has 2 rings (SSSR count). The van der Waals surface area contributed by atoms with Gasteiger partial charge in [-0.2, -0.15) is 4.98 Å². The fourth-order valence-corrected chi connectivity index (χ4v) is 1.15. The van der Waals surface area contributed by atoms with Gasteiger partial charge >= 0.3 is 0 Å². The van der Waals surface area contributed by atoms with Gasteiger partial charge in [-0.05, 0) is 13.0 Å². The van der Waals surface area contributed by atoms with Crippen LogP contribution in [0.1, 0.15) is 11.7 Å². The molecule has 2 aromatic heterocycles. The minimum Gasteiger partial charge on any atom is -0.384 e. The molecule has 15 heavy (non-hydrogen) atoms.